The summed E-state index contributed by atoms with van der Waals surface area (Å²) in [4.78, 5) is -0.00790. The molecule has 0 aliphatic heterocycles. The standard InChI is InChI=1S/C15H9FN3O2S/c1-22(20,21)13-5-4-12(19-7-6-17-18-19)14-9-2-3-10(15(13)14)11(16)8-9/h2-4,6-8H,1H3. The molecule has 5 aromatic rings. The van der Waals surface area contributed by atoms with E-state index in [0.717, 1.165) is 6.26 Å². The highest BCUT2D eigenvalue weighted by molar-refractivity contribution is 7.91. The van der Waals surface area contributed by atoms with E-state index in [9.17, 15) is 12.8 Å². The summed E-state index contributed by atoms with van der Waals surface area (Å²) in [6.45, 7) is 0. The molecule has 0 amide bonds. The van der Waals surface area contributed by atoms with Gasteiger partial charge in [0.05, 0.1) is 23.0 Å². The molecule has 5 rings (SSSR count). The van der Waals surface area contributed by atoms with Gasteiger partial charge in [-0.05, 0) is 17.5 Å². The fraction of sp³-hybridized carbons (Fsp3) is 0.0667. The number of sulfone groups is 1. The highest BCUT2D eigenvalue weighted by atomic mass is 32.2. The van der Waals surface area contributed by atoms with Gasteiger partial charge in [-0.25, -0.2) is 17.5 Å². The van der Waals surface area contributed by atoms with Gasteiger partial charge in [0.25, 0.3) is 0 Å². The topological polar surface area (TPSA) is 64.8 Å². The third-order valence-electron chi connectivity index (χ3n) is 3.64. The van der Waals surface area contributed by atoms with Crippen molar-refractivity contribution in [3.63, 3.8) is 0 Å². The molecule has 0 saturated heterocycles. The summed E-state index contributed by atoms with van der Waals surface area (Å²) in [5.41, 5.74) is 0.612. The Morgan fingerprint density at radius 2 is 2.09 bits per heavy atom. The van der Waals surface area contributed by atoms with Crippen LogP contribution in [-0.2, 0) is 9.84 Å². The number of benzene rings is 4. The molecule has 0 unspecified atom stereocenters. The molecule has 0 atom stereocenters. The quantitative estimate of drug-likeness (QED) is 0.570. The van der Waals surface area contributed by atoms with Crippen molar-refractivity contribution in [1.82, 2.24) is 15.0 Å². The summed E-state index contributed by atoms with van der Waals surface area (Å²) < 4.78 is 39.7. The maximum Gasteiger partial charge on any atom is 0.176 e. The number of halogens is 1. The number of rotatable bonds is 2. The van der Waals surface area contributed by atoms with Crippen LogP contribution in [0.4, 0.5) is 4.39 Å². The second-order valence-corrected chi connectivity index (χ2v) is 7.02. The van der Waals surface area contributed by atoms with Crippen molar-refractivity contribution in [2.75, 3.05) is 6.26 Å². The molecule has 5 nitrogen and oxygen atoms in total. The minimum absolute atomic E-state index is 0.00790. The second kappa shape index (κ2) is 4.23. The first kappa shape index (κ1) is 13.1. The zero-order valence-corrected chi connectivity index (χ0v) is 12.2. The fourth-order valence-corrected chi connectivity index (χ4v) is 3.61. The smallest absolute Gasteiger partial charge is 0.176 e. The lowest BCUT2D eigenvalue weighted by Gasteiger charge is -2.15. The van der Waals surface area contributed by atoms with Crippen molar-refractivity contribution in [2.45, 2.75) is 4.90 Å². The Kier molecular flexibility index (Phi) is 2.53. The van der Waals surface area contributed by atoms with Crippen LogP contribution in [0.1, 0.15) is 0 Å². The summed E-state index contributed by atoms with van der Waals surface area (Å²) in [6, 6.07) is 9.03. The van der Waals surface area contributed by atoms with Crippen LogP contribution < -0.4 is 0 Å². The van der Waals surface area contributed by atoms with Crippen LogP contribution >= 0.6 is 0 Å². The van der Waals surface area contributed by atoms with Gasteiger partial charge in [-0.3, -0.25) is 0 Å². The molecule has 2 bridgehead atoms. The maximum absolute atomic E-state index is 14.1. The molecule has 109 valence electrons. The molecule has 22 heavy (non-hydrogen) atoms. The van der Waals surface area contributed by atoms with Crippen molar-refractivity contribution in [1.29, 1.82) is 0 Å². The van der Waals surface area contributed by atoms with Crippen molar-refractivity contribution in [2.24, 2.45) is 0 Å². The van der Waals surface area contributed by atoms with Crippen LogP contribution in [0.2, 0.25) is 0 Å². The van der Waals surface area contributed by atoms with Gasteiger partial charge in [-0.15, -0.1) is 5.10 Å². The molecule has 0 aliphatic rings. The molecule has 0 N–H and O–H groups in total. The molecule has 0 fully saturated rings. The predicted octanol–water partition coefficient (Wildman–Crippen LogP) is 2.35. The van der Waals surface area contributed by atoms with Crippen LogP contribution in [0, 0.1) is 11.9 Å². The molecule has 1 heterocycles. The SMILES string of the molecule is CS(=O)(=O)c1[c]cc(-n2ccnn2)c2c3ccc(c(F)c3)c12. The Bertz CT molecular complexity index is 1100. The van der Waals surface area contributed by atoms with Gasteiger partial charge < -0.3 is 0 Å². The number of aromatic nitrogens is 3. The fourth-order valence-electron chi connectivity index (χ4n) is 2.75. The van der Waals surface area contributed by atoms with Crippen molar-refractivity contribution in [3.05, 3.63) is 48.5 Å². The van der Waals surface area contributed by atoms with E-state index in [0.29, 0.717) is 21.8 Å². The molecular formula is C15H9FN3O2S. The van der Waals surface area contributed by atoms with Gasteiger partial charge in [-0.1, -0.05) is 17.3 Å². The third-order valence-corrected chi connectivity index (χ3v) is 4.70. The molecule has 7 heteroatoms. The molecule has 1 aromatic heterocycles. The van der Waals surface area contributed by atoms with Gasteiger partial charge in [0.15, 0.2) is 9.84 Å². The van der Waals surface area contributed by atoms with Gasteiger partial charge >= 0.3 is 0 Å². The van der Waals surface area contributed by atoms with E-state index in [1.54, 1.807) is 18.3 Å². The number of fused-ring (bicyclic) bond motifs is 2. The number of hydrogen-bond donors (Lipinski definition) is 0. The predicted molar refractivity (Wildman–Crippen MR) is 79.5 cm³/mol. The zero-order valence-electron chi connectivity index (χ0n) is 11.4. The average Bonchev–Trinajstić information content (AvgIpc) is 2.99. The lowest BCUT2D eigenvalue weighted by molar-refractivity contribution is 0.602. The first-order valence-electron chi connectivity index (χ1n) is 6.42. The van der Waals surface area contributed by atoms with E-state index in [4.69, 9.17) is 0 Å². The summed E-state index contributed by atoms with van der Waals surface area (Å²) in [7, 11) is -3.54. The van der Waals surface area contributed by atoms with Crippen molar-refractivity contribution >= 4 is 31.4 Å². The van der Waals surface area contributed by atoms with Crippen LogP contribution in [0.5, 0.6) is 0 Å². The van der Waals surface area contributed by atoms with E-state index in [1.807, 2.05) is 0 Å². The normalized spacial score (nSPS) is 12.5. The molecule has 0 spiro atoms. The van der Waals surface area contributed by atoms with Crippen LogP contribution in [0.25, 0.3) is 27.2 Å². The Morgan fingerprint density at radius 1 is 1.27 bits per heavy atom. The lowest BCUT2D eigenvalue weighted by Crippen LogP contribution is -2.04. The van der Waals surface area contributed by atoms with Gasteiger partial charge in [-0.2, -0.15) is 0 Å². The van der Waals surface area contributed by atoms with Gasteiger partial charge in [0.1, 0.15) is 5.82 Å². The molecule has 4 aromatic carbocycles. The Balaban J connectivity index is 2.28. The summed E-state index contributed by atoms with van der Waals surface area (Å²) in [6.07, 6.45) is 4.25. The molecule has 0 aliphatic carbocycles. The van der Waals surface area contributed by atoms with Crippen molar-refractivity contribution in [3.8, 4) is 5.69 Å². The minimum atomic E-state index is -3.54. The Morgan fingerprint density at radius 3 is 2.73 bits per heavy atom. The van der Waals surface area contributed by atoms with E-state index < -0.39 is 15.7 Å². The first-order chi connectivity index (χ1) is 10.5. The van der Waals surface area contributed by atoms with Crippen molar-refractivity contribution < 1.29 is 12.8 Å². The van der Waals surface area contributed by atoms with E-state index >= 15 is 0 Å². The van der Waals surface area contributed by atoms with Crippen LogP contribution in [0.15, 0.2) is 41.6 Å². The average molecular weight is 314 g/mol. The molecular weight excluding hydrogens is 305 g/mol. The van der Waals surface area contributed by atoms with E-state index in [-0.39, 0.29) is 10.3 Å². The molecule has 1 radical (unpaired) electrons. The number of hydrogen-bond acceptors (Lipinski definition) is 4. The van der Waals surface area contributed by atoms with Gasteiger partial charge in [0.2, 0.25) is 0 Å². The lowest BCUT2D eigenvalue weighted by atomic mass is 9.97. The first-order valence-corrected chi connectivity index (χ1v) is 8.31. The highest BCUT2D eigenvalue weighted by Gasteiger charge is 2.21. The minimum Gasteiger partial charge on any atom is -0.224 e. The monoisotopic (exact) mass is 314 g/mol. The largest absolute Gasteiger partial charge is 0.224 e. The zero-order chi connectivity index (χ0) is 15.5. The van der Waals surface area contributed by atoms with Crippen LogP contribution in [0.3, 0.4) is 0 Å². The second-order valence-electron chi connectivity index (χ2n) is 5.07. The maximum atomic E-state index is 14.1. The number of nitrogens with zero attached hydrogens (tertiary/aromatic N) is 3. The Hall–Kier alpha value is -2.54. The Labute approximate surface area is 125 Å². The van der Waals surface area contributed by atoms with Crippen LogP contribution in [-0.4, -0.2) is 29.7 Å². The van der Waals surface area contributed by atoms with E-state index in [2.05, 4.69) is 16.4 Å². The summed E-state index contributed by atoms with van der Waals surface area (Å²) in [5.74, 6) is -0.445. The third kappa shape index (κ3) is 1.72. The summed E-state index contributed by atoms with van der Waals surface area (Å²) in [5, 5.41) is 9.50. The highest BCUT2D eigenvalue weighted by Crippen LogP contribution is 2.37. The molecule has 0 saturated carbocycles. The van der Waals surface area contributed by atoms with Gasteiger partial charge in [0, 0.05) is 28.5 Å². The summed E-state index contributed by atoms with van der Waals surface area (Å²) >= 11 is 0. The van der Waals surface area contributed by atoms with E-state index in [1.165, 1.54) is 23.0 Å².